The molecule has 0 aliphatic heterocycles. The molecule has 1 aromatic carbocycles. The maximum atomic E-state index is 13.0. The summed E-state index contributed by atoms with van der Waals surface area (Å²) < 4.78 is 43.0. The molecule has 0 atom stereocenters. The minimum Gasteiger partial charge on any atom is -0.398 e. The van der Waals surface area contributed by atoms with E-state index in [0.717, 1.165) is 23.7 Å². The number of hydrogen-bond acceptors (Lipinski definition) is 6. The molecule has 2 aromatic rings. The van der Waals surface area contributed by atoms with Gasteiger partial charge in [0.15, 0.2) is 0 Å². The van der Waals surface area contributed by atoms with Gasteiger partial charge in [-0.25, -0.2) is 17.8 Å². The summed E-state index contributed by atoms with van der Waals surface area (Å²) in [5.74, 6) is -0.233. The summed E-state index contributed by atoms with van der Waals surface area (Å²) in [7, 11) is -3.96. The van der Waals surface area contributed by atoms with Crippen LogP contribution >= 0.6 is 11.5 Å². The van der Waals surface area contributed by atoms with E-state index < -0.39 is 15.8 Å². The minimum absolute atomic E-state index is 0.0369. The highest BCUT2D eigenvalue weighted by Crippen LogP contribution is 2.23. The van der Waals surface area contributed by atoms with Gasteiger partial charge in [0.1, 0.15) is 16.5 Å². The van der Waals surface area contributed by atoms with Gasteiger partial charge in [-0.05, 0) is 25.1 Å². The third kappa shape index (κ3) is 2.57. The Labute approximate surface area is 107 Å². The molecule has 2 rings (SSSR count). The number of benzene rings is 1. The van der Waals surface area contributed by atoms with Crippen LogP contribution in [0.5, 0.6) is 0 Å². The number of hydrogen-bond donors (Lipinski definition) is 2. The van der Waals surface area contributed by atoms with Crippen LogP contribution in [0.15, 0.2) is 23.1 Å². The normalized spacial score (nSPS) is 11.4. The van der Waals surface area contributed by atoms with E-state index in [1.807, 2.05) is 0 Å². The lowest BCUT2D eigenvalue weighted by Gasteiger charge is -2.07. The van der Waals surface area contributed by atoms with Crippen molar-refractivity contribution in [2.45, 2.75) is 11.8 Å². The number of halogens is 1. The van der Waals surface area contributed by atoms with Crippen LogP contribution in [0.25, 0.3) is 0 Å². The number of nitrogens with zero attached hydrogens (tertiary/aromatic N) is 2. The van der Waals surface area contributed by atoms with Crippen molar-refractivity contribution in [3.8, 4) is 0 Å². The van der Waals surface area contributed by atoms with Gasteiger partial charge in [-0.1, -0.05) is 0 Å². The lowest BCUT2D eigenvalue weighted by Crippen LogP contribution is -2.15. The van der Waals surface area contributed by atoms with Gasteiger partial charge >= 0.3 is 0 Å². The molecule has 0 saturated carbocycles. The van der Waals surface area contributed by atoms with E-state index >= 15 is 0 Å². The van der Waals surface area contributed by atoms with Gasteiger partial charge in [-0.3, -0.25) is 4.72 Å². The van der Waals surface area contributed by atoms with Crippen molar-refractivity contribution in [3.05, 3.63) is 29.8 Å². The zero-order chi connectivity index (χ0) is 13.3. The lowest BCUT2D eigenvalue weighted by molar-refractivity contribution is 0.596. The minimum atomic E-state index is -3.96. The van der Waals surface area contributed by atoms with Crippen LogP contribution in [0.2, 0.25) is 0 Å². The van der Waals surface area contributed by atoms with E-state index in [2.05, 4.69) is 14.1 Å². The van der Waals surface area contributed by atoms with Crippen molar-refractivity contribution < 1.29 is 12.8 Å². The van der Waals surface area contributed by atoms with E-state index in [-0.39, 0.29) is 15.7 Å². The summed E-state index contributed by atoms with van der Waals surface area (Å²) in [6.45, 7) is 1.63. The number of nitrogens with one attached hydrogen (secondary N) is 1. The Bertz CT molecular complexity index is 684. The Morgan fingerprint density at radius 3 is 2.78 bits per heavy atom. The molecule has 0 saturated heterocycles. The van der Waals surface area contributed by atoms with Gasteiger partial charge in [0.2, 0.25) is 5.13 Å². The predicted molar refractivity (Wildman–Crippen MR) is 66.3 cm³/mol. The summed E-state index contributed by atoms with van der Waals surface area (Å²) in [4.78, 5) is 3.53. The lowest BCUT2D eigenvalue weighted by atomic mass is 10.3. The highest BCUT2D eigenvalue weighted by atomic mass is 32.2. The first kappa shape index (κ1) is 12.7. The van der Waals surface area contributed by atoms with Crippen LogP contribution in [0, 0.1) is 12.7 Å². The molecule has 0 bridgehead atoms. The van der Waals surface area contributed by atoms with Crippen molar-refractivity contribution >= 4 is 32.4 Å². The van der Waals surface area contributed by atoms with Crippen molar-refractivity contribution in [3.63, 3.8) is 0 Å². The number of aromatic nitrogens is 2. The summed E-state index contributed by atoms with van der Waals surface area (Å²) >= 11 is 0.895. The zero-order valence-electron chi connectivity index (χ0n) is 9.21. The monoisotopic (exact) mass is 288 g/mol. The quantitative estimate of drug-likeness (QED) is 0.831. The SMILES string of the molecule is Cc1nsc(NS(=O)(=O)c2cc(F)ccc2N)n1. The van der Waals surface area contributed by atoms with Crippen molar-refractivity contribution in [2.24, 2.45) is 0 Å². The molecule has 0 aliphatic carbocycles. The zero-order valence-corrected chi connectivity index (χ0v) is 10.8. The second-order valence-corrected chi connectivity index (χ2v) is 5.84. The van der Waals surface area contributed by atoms with Crippen molar-refractivity contribution in [2.75, 3.05) is 10.5 Å². The Morgan fingerprint density at radius 1 is 1.44 bits per heavy atom. The molecule has 0 fully saturated rings. The first-order valence-corrected chi connectivity index (χ1v) is 7.02. The summed E-state index contributed by atoms with van der Waals surface area (Å²) in [5.41, 5.74) is 5.48. The Hall–Kier alpha value is -1.74. The maximum absolute atomic E-state index is 13.0. The fourth-order valence-electron chi connectivity index (χ4n) is 1.25. The largest absolute Gasteiger partial charge is 0.398 e. The molecule has 0 unspecified atom stereocenters. The van der Waals surface area contributed by atoms with Gasteiger partial charge in [0, 0.05) is 11.5 Å². The van der Waals surface area contributed by atoms with Crippen LogP contribution in [0.4, 0.5) is 15.2 Å². The number of rotatable bonds is 3. The molecule has 0 amide bonds. The molecule has 96 valence electrons. The highest BCUT2D eigenvalue weighted by molar-refractivity contribution is 7.93. The molecule has 0 radical (unpaired) electrons. The van der Waals surface area contributed by atoms with Gasteiger partial charge in [0.05, 0.1) is 5.69 Å². The van der Waals surface area contributed by atoms with E-state index in [1.54, 1.807) is 6.92 Å². The number of nitrogens with two attached hydrogens (primary N) is 1. The smallest absolute Gasteiger partial charge is 0.265 e. The van der Waals surface area contributed by atoms with Gasteiger partial charge < -0.3 is 5.73 Å². The Balaban J connectivity index is 2.39. The first-order valence-electron chi connectivity index (χ1n) is 4.76. The van der Waals surface area contributed by atoms with E-state index in [0.29, 0.717) is 5.82 Å². The van der Waals surface area contributed by atoms with E-state index in [4.69, 9.17) is 5.73 Å². The molecule has 1 heterocycles. The summed E-state index contributed by atoms with van der Waals surface area (Å²) in [6, 6.07) is 3.13. The average Bonchev–Trinajstić information content (AvgIpc) is 2.66. The molecular weight excluding hydrogens is 279 g/mol. The van der Waals surface area contributed by atoms with E-state index in [1.165, 1.54) is 6.07 Å². The highest BCUT2D eigenvalue weighted by Gasteiger charge is 2.20. The molecule has 18 heavy (non-hydrogen) atoms. The summed E-state index contributed by atoms with van der Waals surface area (Å²) in [6.07, 6.45) is 0. The first-order chi connectivity index (χ1) is 8.38. The van der Waals surface area contributed by atoms with Gasteiger partial charge in [-0.15, -0.1) is 0 Å². The molecule has 0 spiro atoms. The maximum Gasteiger partial charge on any atom is 0.265 e. The number of sulfonamides is 1. The topological polar surface area (TPSA) is 98.0 Å². The fraction of sp³-hybridized carbons (Fsp3) is 0.111. The van der Waals surface area contributed by atoms with Gasteiger partial charge in [-0.2, -0.15) is 4.37 Å². The molecule has 6 nitrogen and oxygen atoms in total. The van der Waals surface area contributed by atoms with Gasteiger partial charge in [0.25, 0.3) is 10.0 Å². The summed E-state index contributed by atoms with van der Waals surface area (Å²) in [5, 5.41) is 0.108. The second-order valence-electron chi connectivity index (χ2n) is 3.43. The predicted octanol–water partition coefficient (Wildman–Crippen LogP) is 1.37. The molecule has 3 N–H and O–H groups in total. The van der Waals surface area contributed by atoms with Crippen molar-refractivity contribution in [1.29, 1.82) is 0 Å². The molecule has 0 aliphatic rings. The average molecular weight is 288 g/mol. The second kappa shape index (κ2) is 4.50. The van der Waals surface area contributed by atoms with Crippen LogP contribution in [-0.2, 0) is 10.0 Å². The number of nitrogen functional groups attached to an aromatic ring is 1. The Kier molecular flexibility index (Phi) is 3.18. The third-order valence-corrected chi connectivity index (χ3v) is 4.26. The molecule has 1 aromatic heterocycles. The van der Waals surface area contributed by atoms with E-state index in [9.17, 15) is 12.8 Å². The van der Waals surface area contributed by atoms with Crippen LogP contribution < -0.4 is 10.5 Å². The standard InChI is InChI=1S/C9H9FN4O2S2/c1-5-12-9(17-13-5)14-18(15,16)8-4-6(10)2-3-7(8)11/h2-4H,11H2,1H3,(H,12,13,14). The van der Waals surface area contributed by atoms with Crippen LogP contribution in [0.1, 0.15) is 5.82 Å². The fourth-order valence-corrected chi connectivity index (χ4v) is 3.19. The third-order valence-electron chi connectivity index (χ3n) is 2.01. The molecular formula is C9H9FN4O2S2. The van der Waals surface area contributed by atoms with Crippen molar-refractivity contribution in [1.82, 2.24) is 9.36 Å². The molecule has 9 heteroatoms. The number of anilines is 2. The number of aryl methyl sites for hydroxylation is 1. The van der Waals surface area contributed by atoms with Crippen LogP contribution in [-0.4, -0.2) is 17.8 Å². The Morgan fingerprint density at radius 2 is 2.17 bits per heavy atom. The van der Waals surface area contributed by atoms with Crippen LogP contribution in [0.3, 0.4) is 0 Å².